The van der Waals surface area contributed by atoms with Crippen LogP contribution in [0.3, 0.4) is 0 Å². The average molecular weight is 431 g/mol. The van der Waals surface area contributed by atoms with E-state index in [9.17, 15) is 4.79 Å². The van der Waals surface area contributed by atoms with Gasteiger partial charge in [-0.2, -0.15) is 4.98 Å². The van der Waals surface area contributed by atoms with Crippen LogP contribution in [0, 0.1) is 0 Å². The molecule has 0 saturated carbocycles. The first kappa shape index (κ1) is 21.2. The highest BCUT2D eigenvalue weighted by atomic mass is 16.6. The van der Waals surface area contributed by atoms with Gasteiger partial charge in [0.05, 0.1) is 12.8 Å². The number of anilines is 3. The van der Waals surface area contributed by atoms with Crippen LogP contribution < -0.4 is 15.4 Å². The Balaban J connectivity index is 1.50. The third-order valence-electron chi connectivity index (χ3n) is 4.53. The highest BCUT2D eigenvalue weighted by Gasteiger charge is 2.16. The van der Waals surface area contributed by atoms with Crippen LogP contribution in [0.5, 0.6) is 5.75 Å². The van der Waals surface area contributed by atoms with Crippen LogP contribution >= 0.6 is 0 Å². The maximum Gasteiger partial charge on any atom is 0.412 e. The third-order valence-corrected chi connectivity index (χ3v) is 4.53. The summed E-state index contributed by atoms with van der Waals surface area (Å²) in [5, 5.41) is 10.5. The summed E-state index contributed by atoms with van der Waals surface area (Å²) in [7, 11) is 1.64. The molecule has 0 spiro atoms. The number of nitrogens with zero attached hydrogens (tertiary/aromatic N) is 3. The Labute approximate surface area is 186 Å². The summed E-state index contributed by atoms with van der Waals surface area (Å²) in [4.78, 5) is 16.5. The Hall–Kier alpha value is -4.07. The summed E-state index contributed by atoms with van der Waals surface area (Å²) >= 11 is 0. The Kier molecular flexibility index (Phi) is 5.68. The lowest BCUT2D eigenvalue weighted by atomic mass is 10.1. The number of ether oxygens (including phenoxy) is 2. The summed E-state index contributed by atoms with van der Waals surface area (Å²) in [6.45, 7) is 5.46. The fraction of sp³-hybridized carbons (Fsp3) is 0.208. The number of methoxy groups -OCH3 is 1. The van der Waals surface area contributed by atoms with Gasteiger partial charge in [0.15, 0.2) is 5.65 Å². The molecular formula is C24H25N5O3. The van der Waals surface area contributed by atoms with Gasteiger partial charge in [0.2, 0.25) is 5.95 Å². The highest BCUT2D eigenvalue weighted by molar-refractivity contribution is 5.85. The number of hydrogen-bond donors (Lipinski definition) is 2. The normalized spacial score (nSPS) is 11.2. The van der Waals surface area contributed by atoms with Gasteiger partial charge in [0.25, 0.3) is 0 Å². The lowest BCUT2D eigenvalue weighted by molar-refractivity contribution is 0.0636. The first-order valence-corrected chi connectivity index (χ1v) is 10.2. The molecule has 2 heterocycles. The minimum atomic E-state index is -0.551. The molecule has 4 rings (SSSR count). The summed E-state index contributed by atoms with van der Waals surface area (Å²) in [5.41, 5.74) is 3.53. The number of pyridine rings is 1. The van der Waals surface area contributed by atoms with Crippen molar-refractivity contribution >= 4 is 29.1 Å². The van der Waals surface area contributed by atoms with E-state index < -0.39 is 11.7 Å². The van der Waals surface area contributed by atoms with Crippen molar-refractivity contribution in [3.05, 3.63) is 66.7 Å². The van der Waals surface area contributed by atoms with E-state index in [1.165, 1.54) is 0 Å². The molecule has 32 heavy (non-hydrogen) atoms. The van der Waals surface area contributed by atoms with Gasteiger partial charge in [-0.25, -0.2) is 9.31 Å². The SMILES string of the molecule is COc1ccc(-c2cccc3nc(Nc4ccc(NC(=O)OC(C)(C)C)cc4)nn23)cc1. The molecule has 0 bridgehead atoms. The standard InChI is InChI=1S/C24H25N5O3/c1-24(2,3)32-23(30)26-18-12-10-17(11-13-18)25-22-27-21-7-5-6-20(29(21)28-22)16-8-14-19(31-4)15-9-16/h5-15H,1-4H3,(H,25,28)(H,26,30). The van der Waals surface area contributed by atoms with Gasteiger partial charge in [0.1, 0.15) is 11.4 Å². The number of rotatable bonds is 5. The molecule has 8 heteroatoms. The molecule has 1 amide bonds. The molecule has 164 valence electrons. The number of fused-ring (bicyclic) bond motifs is 1. The van der Waals surface area contributed by atoms with Gasteiger partial charge in [-0.3, -0.25) is 5.32 Å². The number of carbonyl (C=O) groups excluding carboxylic acids is 1. The number of amides is 1. The molecular weight excluding hydrogens is 406 g/mol. The van der Waals surface area contributed by atoms with Gasteiger partial charge in [-0.05, 0) is 81.4 Å². The highest BCUT2D eigenvalue weighted by Crippen LogP contribution is 2.24. The van der Waals surface area contributed by atoms with Crippen molar-refractivity contribution in [2.75, 3.05) is 17.7 Å². The Morgan fingerprint density at radius 2 is 1.62 bits per heavy atom. The molecule has 0 saturated heterocycles. The van der Waals surface area contributed by atoms with Crippen molar-refractivity contribution in [2.24, 2.45) is 0 Å². The zero-order valence-corrected chi connectivity index (χ0v) is 18.4. The van der Waals surface area contributed by atoms with E-state index in [1.54, 1.807) is 23.8 Å². The molecule has 2 N–H and O–H groups in total. The van der Waals surface area contributed by atoms with E-state index in [4.69, 9.17) is 9.47 Å². The molecule has 4 aromatic rings. The van der Waals surface area contributed by atoms with Crippen LogP contribution in [-0.2, 0) is 4.74 Å². The molecule has 0 radical (unpaired) electrons. The Morgan fingerprint density at radius 1 is 0.938 bits per heavy atom. The van der Waals surface area contributed by atoms with E-state index in [-0.39, 0.29) is 0 Å². The smallest absolute Gasteiger partial charge is 0.412 e. The number of benzene rings is 2. The van der Waals surface area contributed by atoms with Crippen LogP contribution in [0.1, 0.15) is 20.8 Å². The van der Waals surface area contributed by atoms with E-state index in [0.717, 1.165) is 28.3 Å². The molecule has 0 fully saturated rings. The van der Waals surface area contributed by atoms with Crippen molar-refractivity contribution in [2.45, 2.75) is 26.4 Å². The van der Waals surface area contributed by atoms with Gasteiger partial charge in [0, 0.05) is 16.9 Å². The maximum absolute atomic E-state index is 11.9. The number of hydrogen-bond acceptors (Lipinski definition) is 6. The van der Waals surface area contributed by atoms with Crippen LogP contribution in [0.4, 0.5) is 22.1 Å². The first-order valence-electron chi connectivity index (χ1n) is 10.2. The summed E-state index contributed by atoms with van der Waals surface area (Å²) in [6.07, 6.45) is -0.494. The quantitative estimate of drug-likeness (QED) is 0.434. The second-order valence-corrected chi connectivity index (χ2v) is 8.17. The predicted molar refractivity (Wildman–Crippen MR) is 125 cm³/mol. The second-order valence-electron chi connectivity index (χ2n) is 8.17. The zero-order chi connectivity index (χ0) is 22.7. The van der Waals surface area contributed by atoms with Crippen molar-refractivity contribution < 1.29 is 14.3 Å². The van der Waals surface area contributed by atoms with E-state index in [2.05, 4.69) is 20.7 Å². The van der Waals surface area contributed by atoms with E-state index in [1.807, 2.05) is 75.4 Å². The van der Waals surface area contributed by atoms with Gasteiger partial charge in [-0.15, -0.1) is 5.10 Å². The van der Waals surface area contributed by atoms with Crippen LogP contribution in [0.25, 0.3) is 16.9 Å². The summed E-state index contributed by atoms with van der Waals surface area (Å²) in [6, 6.07) is 20.9. The second kappa shape index (κ2) is 8.58. The predicted octanol–water partition coefficient (Wildman–Crippen LogP) is 5.50. The summed E-state index contributed by atoms with van der Waals surface area (Å²) < 4.78 is 12.3. The number of carbonyl (C=O) groups is 1. The molecule has 0 aliphatic carbocycles. The topological polar surface area (TPSA) is 89.8 Å². The molecule has 8 nitrogen and oxygen atoms in total. The largest absolute Gasteiger partial charge is 0.497 e. The van der Waals surface area contributed by atoms with Gasteiger partial charge >= 0.3 is 6.09 Å². The maximum atomic E-state index is 11.9. The molecule has 0 atom stereocenters. The average Bonchev–Trinajstić information content (AvgIpc) is 3.16. The lowest BCUT2D eigenvalue weighted by Crippen LogP contribution is -2.27. The van der Waals surface area contributed by atoms with Crippen LogP contribution in [0.15, 0.2) is 66.7 Å². The van der Waals surface area contributed by atoms with E-state index in [0.29, 0.717) is 11.6 Å². The minimum Gasteiger partial charge on any atom is -0.497 e. The van der Waals surface area contributed by atoms with Crippen LogP contribution in [-0.4, -0.2) is 33.4 Å². The summed E-state index contributed by atoms with van der Waals surface area (Å²) in [5.74, 6) is 1.27. The molecule has 0 aliphatic rings. The van der Waals surface area contributed by atoms with Gasteiger partial charge in [-0.1, -0.05) is 6.07 Å². The monoisotopic (exact) mass is 431 g/mol. The van der Waals surface area contributed by atoms with Crippen molar-refractivity contribution in [3.63, 3.8) is 0 Å². The third kappa shape index (κ3) is 4.97. The Morgan fingerprint density at radius 3 is 2.28 bits per heavy atom. The fourth-order valence-electron chi connectivity index (χ4n) is 3.13. The number of nitrogens with one attached hydrogen (secondary N) is 2. The van der Waals surface area contributed by atoms with Crippen molar-refractivity contribution in [1.29, 1.82) is 0 Å². The fourth-order valence-corrected chi connectivity index (χ4v) is 3.13. The molecule has 0 aliphatic heterocycles. The van der Waals surface area contributed by atoms with Gasteiger partial charge < -0.3 is 14.8 Å². The van der Waals surface area contributed by atoms with Crippen molar-refractivity contribution in [3.8, 4) is 17.0 Å². The minimum absolute atomic E-state index is 0.471. The number of aromatic nitrogens is 3. The Bertz CT molecular complexity index is 1230. The van der Waals surface area contributed by atoms with E-state index >= 15 is 0 Å². The molecule has 2 aromatic carbocycles. The zero-order valence-electron chi connectivity index (χ0n) is 18.4. The van der Waals surface area contributed by atoms with Crippen molar-refractivity contribution in [1.82, 2.24) is 14.6 Å². The molecule has 2 aromatic heterocycles. The molecule has 0 unspecified atom stereocenters. The van der Waals surface area contributed by atoms with Crippen LogP contribution in [0.2, 0.25) is 0 Å². The lowest BCUT2D eigenvalue weighted by Gasteiger charge is -2.19. The first-order chi connectivity index (χ1) is 15.3.